The lowest BCUT2D eigenvalue weighted by molar-refractivity contribution is -0.385. The summed E-state index contributed by atoms with van der Waals surface area (Å²) in [4.78, 5) is 10.5. The van der Waals surface area contributed by atoms with Crippen molar-refractivity contribution in [2.45, 2.75) is 19.6 Å². The molecule has 0 amide bonds. The molecular weight excluding hydrogens is 294 g/mol. The average Bonchev–Trinajstić information content (AvgIpc) is 2.45. The van der Waals surface area contributed by atoms with E-state index in [9.17, 15) is 15.2 Å². The number of halogens is 1. The van der Waals surface area contributed by atoms with Gasteiger partial charge in [0.05, 0.1) is 16.6 Å². The number of nitro benzene ring substituents is 1. The summed E-state index contributed by atoms with van der Waals surface area (Å²) in [6, 6.07) is 11.3. The predicted molar refractivity (Wildman–Crippen MR) is 79.5 cm³/mol. The van der Waals surface area contributed by atoms with E-state index in [1.165, 1.54) is 18.2 Å². The lowest BCUT2D eigenvalue weighted by Gasteiger charge is -2.13. The van der Waals surface area contributed by atoms with Crippen molar-refractivity contribution in [2.75, 3.05) is 0 Å². The summed E-state index contributed by atoms with van der Waals surface area (Å²) in [5.41, 5.74) is 0.962. The molecule has 0 saturated heterocycles. The summed E-state index contributed by atoms with van der Waals surface area (Å²) in [7, 11) is 0. The highest BCUT2D eigenvalue weighted by atomic mass is 35.5. The lowest BCUT2D eigenvalue weighted by Crippen LogP contribution is -2.03. The molecule has 2 aromatic carbocycles. The molecule has 6 heteroatoms. The molecule has 0 aliphatic rings. The molecule has 21 heavy (non-hydrogen) atoms. The van der Waals surface area contributed by atoms with E-state index in [2.05, 4.69) is 0 Å². The SMILES string of the molecule is CC(O)c1ccccc1OCc1cc(Cl)ccc1[N+](=O)[O-]. The van der Waals surface area contributed by atoms with Crippen molar-refractivity contribution in [1.82, 2.24) is 0 Å². The molecule has 2 aromatic rings. The molecule has 0 radical (unpaired) electrons. The van der Waals surface area contributed by atoms with Crippen LogP contribution in [0.15, 0.2) is 42.5 Å². The Morgan fingerprint density at radius 2 is 2.05 bits per heavy atom. The third-order valence-electron chi connectivity index (χ3n) is 2.99. The van der Waals surface area contributed by atoms with Gasteiger partial charge >= 0.3 is 0 Å². The Morgan fingerprint density at radius 3 is 2.71 bits per heavy atom. The van der Waals surface area contributed by atoms with Gasteiger partial charge in [-0.05, 0) is 25.1 Å². The van der Waals surface area contributed by atoms with Crippen LogP contribution in [-0.4, -0.2) is 10.0 Å². The number of hydrogen-bond acceptors (Lipinski definition) is 4. The molecule has 1 unspecified atom stereocenters. The summed E-state index contributed by atoms with van der Waals surface area (Å²) in [5.74, 6) is 0.488. The van der Waals surface area contributed by atoms with Gasteiger partial charge in [-0.15, -0.1) is 0 Å². The Kier molecular flexibility index (Phi) is 4.77. The van der Waals surface area contributed by atoms with Gasteiger partial charge in [0.15, 0.2) is 0 Å². The maximum Gasteiger partial charge on any atom is 0.276 e. The second kappa shape index (κ2) is 6.56. The summed E-state index contributed by atoms with van der Waals surface area (Å²) in [6.07, 6.45) is -0.685. The summed E-state index contributed by atoms with van der Waals surface area (Å²) >= 11 is 5.87. The van der Waals surface area contributed by atoms with E-state index >= 15 is 0 Å². The van der Waals surface area contributed by atoms with Crippen LogP contribution in [0.5, 0.6) is 5.75 Å². The van der Waals surface area contributed by atoms with E-state index < -0.39 is 11.0 Å². The molecule has 0 spiro atoms. The van der Waals surface area contributed by atoms with Crippen molar-refractivity contribution in [2.24, 2.45) is 0 Å². The van der Waals surface area contributed by atoms with Gasteiger partial charge in [0.2, 0.25) is 0 Å². The van der Waals surface area contributed by atoms with Crippen molar-refractivity contribution in [1.29, 1.82) is 0 Å². The molecule has 0 aliphatic heterocycles. The highest BCUT2D eigenvalue weighted by Gasteiger charge is 2.15. The van der Waals surface area contributed by atoms with Gasteiger partial charge in [-0.2, -0.15) is 0 Å². The number of ether oxygens (including phenoxy) is 1. The number of nitro groups is 1. The number of aliphatic hydroxyl groups is 1. The van der Waals surface area contributed by atoms with Crippen LogP contribution in [-0.2, 0) is 6.61 Å². The second-order valence-corrected chi connectivity index (χ2v) is 4.97. The van der Waals surface area contributed by atoms with E-state index in [-0.39, 0.29) is 12.3 Å². The minimum Gasteiger partial charge on any atom is -0.488 e. The van der Waals surface area contributed by atoms with Crippen LogP contribution in [0.2, 0.25) is 5.02 Å². The summed E-state index contributed by atoms with van der Waals surface area (Å²) < 4.78 is 5.61. The van der Waals surface area contributed by atoms with Crippen molar-refractivity contribution in [3.8, 4) is 5.75 Å². The minimum absolute atomic E-state index is 0.000602. The first-order chi connectivity index (χ1) is 9.99. The fourth-order valence-electron chi connectivity index (χ4n) is 1.96. The smallest absolute Gasteiger partial charge is 0.276 e. The van der Waals surface area contributed by atoms with Gasteiger partial charge in [-0.1, -0.05) is 29.8 Å². The van der Waals surface area contributed by atoms with E-state index in [0.29, 0.717) is 21.9 Å². The zero-order chi connectivity index (χ0) is 15.4. The summed E-state index contributed by atoms with van der Waals surface area (Å²) in [6.45, 7) is 1.63. The Hall–Kier alpha value is -2.11. The first-order valence-corrected chi connectivity index (χ1v) is 6.69. The van der Waals surface area contributed by atoms with Gasteiger partial charge < -0.3 is 9.84 Å². The normalized spacial score (nSPS) is 12.0. The standard InChI is InChI=1S/C15H14ClNO4/c1-10(18)13-4-2-3-5-15(13)21-9-11-8-12(16)6-7-14(11)17(19)20/h2-8,10,18H,9H2,1H3. The molecule has 0 saturated carbocycles. The molecule has 0 aromatic heterocycles. The number of nitrogens with zero attached hydrogens (tertiary/aromatic N) is 1. The quantitative estimate of drug-likeness (QED) is 0.672. The molecule has 0 aliphatic carbocycles. The molecule has 0 fully saturated rings. The number of benzene rings is 2. The van der Waals surface area contributed by atoms with Crippen LogP contribution in [0, 0.1) is 10.1 Å². The van der Waals surface area contributed by atoms with Crippen LogP contribution in [0.1, 0.15) is 24.2 Å². The maximum atomic E-state index is 11.0. The fraction of sp³-hybridized carbons (Fsp3) is 0.200. The Balaban J connectivity index is 2.25. The van der Waals surface area contributed by atoms with Crippen molar-refractivity contribution in [3.63, 3.8) is 0 Å². The van der Waals surface area contributed by atoms with Crippen LogP contribution in [0.25, 0.3) is 0 Å². The van der Waals surface area contributed by atoms with Gasteiger partial charge in [0, 0.05) is 16.7 Å². The highest BCUT2D eigenvalue weighted by Crippen LogP contribution is 2.28. The molecule has 0 heterocycles. The first kappa shape index (κ1) is 15.3. The molecule has 110 valence electrons. The first-order valence-electron chi connectivity index (χ1n) is 6.31. The highest BCUT2D eigenvalue weighted by molar-refractivity contribution is 6.30. The van der Waals surface area contributed by atoms with Gasteiger partial charge in [-0.25, -0.2) is 0 Å². The zero-order valence-corrected chi connectivity index (χ0v) is 12.1. The van der Waals surface area contributed by atoms with Crippen molar-refractivity contribution in [3.05, 3.63) is 68.7 Å². The van der Waals surface area contributed by atoms with E-state index in [1.54, 1.807) is 31.2 Å². The lowest BCUT2D eigenvalue weighted by atomic mass is 10.1. The van der Waals surface area contributed by atoms with Crippen LogP contribution in [0.3, 0.4) is 0 Å². The third-order valence-corrected chi connectivity index (χ3v) is 3.23. The fourth-order valence-corrected chi connectivity index (χ4v) is 2.16. The topological polar surface area (TPSA) is 72.6 Å². The van der Waals surface area contributed by atoms with Crippen LogP contribution < -0.4 is 4.74 Å². The van der Waals surface area contributed by atoms with Crippen molar-refractivity contribution < 1.29 is 14.8 Å². The third kappa shape index (κ3) is 3.71. The molecule has 1 N–H and O–H groups in total. The number of rotatable bonds is 5. The predicted octanol–water partition coefficient (Wildman–Crippen LogP) is 3.88. The zero-order valence-electron chi connectivity index (χ0n) is 11.3. The monoisotopic (exact) mass is 307 g/mol. The van der Waals surface area contributed by atoms with E-state index in [0.717, 1.165) is 0 Å². The van der Waals surface area contributed by atoms with Gasteiger partial charge in [0.1, 0.15) is 12.4 Å². The van der Waals surface area contributed by atoms with Crippen LogP contribution in [0.4, 0.5) is 5.69 Å². The van der Waals surface area contributed by atoms with Crippen molar-refractivity contribution >= 4 is 17.3 Å². The number of aliphatic hydroxyl groups excluding tert-OH is 1. The van der Waals surface area contributed by atoms with Gasteiger partial charge in [0.25, 0.3) is 5.69 Å². The Bertz CT molecular complexity index is 658. The molecule has 0 bridgehead atoms. The Labute approximate surface area is 126 Å². The van der Waals surface area contributed by atoms with E-state index in [1.807, 2.05) is 0 Å². The maximum absolute atomic E-state index is 11.0. The number of hydrogen-bond donors (Lipinski definition) is 1. The van der Waals surface area contributed by atoms with Crippen LogP contribution >= 0.6 is 11.6 Å². The second-order valence-electron chi connectivity index (χ2n) is 4.53. The largest absolute Gasteiger partial charge is 0.488 e. The Morgan fingerprint density at radius 1 is 1.33 bits per heavy atom. The molecular formula is C15H14ClNO4. The number of para-hydroxylation sites is 1. The molecule has 2 rings (SSSR count). The summed E-state index contributed by atoms with van der Waals surface area (Å²) in [5, 5.41) is 21.1. The molecule has 1 atom stereocenters. The van der Waals surface area contributed by atoms with Gasteiger partial charge in [-0.3, -0.25) is 10.1 Å². The minimum atomic E-state index is -0.685. The molecule has 5 nitrogen and oxygen atoms in total. The average molecular weight is 308 g/mol. The van der Waals surface area contributed by atoms with E-state index in [4.69, 9.17) is 16.3 Å².